The van der Waals surface area contributed by atoms with E-state index in [0.717, 1.165) is 123 Å². The first kappa shape index (κ1) is 66.5. The number of hydrogen-bond donors (Lipinski definition) is 0. The standard InChI is InChI=1S/C50H32N4S.C49H31N5S/c1-5-15-34(16-6-1)42-31-43(35-17-7-2-8-18-35)52-49(51-42)38-29-27-33(28-30-38)39-23-14-26-46-47(39)40-24-13-25-41(48(40)55-46)50-53-44(36-19-9-3-10-20-36)32-45(54-50)37-21-11-4-12-22-37;1-5-15-33(16-6-1)41-31-42(34-17-7-2-8-18-34)51-46(50-41)37-29-27-32(28-30-37)38-23-14-26-43-44(38)39-24-13-25-40(45(39)55-43)49-53-47(35-19-9-3-10-20-35)52-48(54-49)36-21-11-4-12-22-36/h1-32H;1-31H. The van der Waals surface area contributed by atoms with Crippen LogP contribution in [0.15, 0.2) is 382 Å². The van der Waals surface area contributed by atoms with Crippen molar-refractivity contribution in [2.75, 3.05) is 0 Å². The summed E-state index contributed by atoms with van der Waals surface area (Å²) in [6, 6.07) is 132. The Morgan fingerprint density at radius 1 is 0.155 bits per heavy atom. The normalized spacial score (nSPS) is 11.3. The van der Waals surface area contributed by atoms with E-state index in [4.69, 9.17) is 44.9 Å². The van der Waals surface area contributed by atoms with Gasteiger partial charge in [0, 0.05) is 107 Å². The third kappa shape index (κ3) is 13.4. The molecule has 20 rings (SSSR count). The average Bonchev–Trinajstić information content (AvgIpc) is 1.59. The zero-order valence-electron chi connectivity index (χ0n) is 59.2. The Morgan fingerprint density at radius 2 is 0.373 bits per heavy atom. The first-order chi connectivity index (χ1) is 54.5. The number of nitrogens with zero attached hydrogens (tertiary/aromatic N) is 9. The van der Waals surface area contributed by atoms with Gasteiger partial charge in [0.15, 0.2) is 34.9 Å². The molecule has 6 aromatic heterocycles. The number of fused-ring (bicyclic) bond motifs is 6. The van der Waals surface area contributed by atoms with E-state index < -0.39 is 0 Å². The van der Waals surface area contributed by atoms with Gasteiger partial charge in [-0.2, -0.15) is 0 Å². The smallest absolute Gasteiger partial charge is 0.165 e. The molecule has 0 unspecified atom stereocenters. The summed E-state index contributed by atoms with van der Waals surface area (Å²) >= 11 is 3.57. The molecule has 0 N–H and O–H groups in total. The Bertz CT molecular complexity index is 6070. The van der Waals surface area contributed by atoms with E-state index in [0.29, 0.717) is 29.1 Å². The molecule has 0 spiro atoms. The minimum atomic E-state index is 0.650. The fourth-order valence-corrected chi connectivity index (χ4v) is 16.8. The Balaban J connectivity index is 0.000000149. The van der Waals surface area contributed by atoms with Crippen molar-refractivity contribution in [2.24, 2.45) is 0 Å². The largest absolute Gasteiger partial charge is 0.228 e. The molecular weight excluding hydrogens is 1380 g/mol. The molecule has 110 heavy (non-hydrogen) atoms. The fourth-order valence-electron chi connectivity index (χ4n) is 14.3. The van der Waals surface area contributed by atoms with Gasteiger partial charge in [-0.1, -0.05) is 340 Å². The van der Waals surface area contributed by atoms with Crippen LogP contribution in [-0.4, -0.2) is 44.9 Å². The van der Waals surface area contributed by atoms with Gasteiger partial charge in [0.25, 0.3) is 0 Å². The average molecular weight is 1440 g/mol. The molecule has 20 aromatic rings. The van der Waals surface area contributed by atoms with Crippen LogP contribution in [-0.2, 0) is 0 Å². The van der Waals surface area contributed by atoms with Crippen molar-refractivity contribution in [3.05, 3.63) is 382 Å². The molecule has 0 amide bonds. The molecule has 0 aliphatic heterocycles. The van der Waals surface area contributed by atoms with Crippen LogP contribution in [0.2, 0.25) is 0 Å². The number of thiophene rings is 2. The molecule has 0 atom stereocenters. The monoisotopic (exact) mass is 1440 g/mol. The maximum absolute atomic E-state index is 5.17. The Morgan fingerprint density at radius 3 is 0.673 bits per heavy atom. The number of aromatic nitrogens is 9. The van der Waals surface area contributed by atoms with Crippen molar-refractivity contribution >= 4 is 63.0 Å². The molecule has 0 bridgehead atoms. The Kier molecular flexibility index (Phi) is 17.9. The van der Waals surface area contributed by atoms with Crippen molar-refractivity contribution in [1.29, 1.82) is 0 Å². The highest BCUT2D eigenvalue weighted by atomic mass is 32.1. The maximum atomic E-state index is 5.17. The van der Waals surface area contributed by atoms with Crippen LogP contribution in [0.3, 0.4) is 0 Å². The molecule has 0 aliphatic carbocycles. The van der Waals surface area contributed by atoms with Gasteiger partial charge in [-0.15, -0.1) is 22.7 Å². The first-order valence-electron chi connectivity index (χ1n) is 36.5. The molecule has 14 aromatic carbocycles. The predicted octanol–water partition coefficient (Wildman–Crippen LogP) is 26.0. The van der Waals surface area contributed by atoms with E-state index in [-0.39, 0.29) is 0 Å². The first-order valence-corrected chi connectivity index (χ1v) is 38.1. The Labute approximate surface area is 643 Å². The van der Waals surface area contributed by atoms with E-state index in [9.17, 15) is 0 Å². The maximum Gasteiger partial charge on any atom is 0.165 e. The quantitative estimate of drug-likeness (QED) is 0.105. The number of hydrogen-bond acceptors (Lipinski definition) is 11. The van der Waals surface area contributed by atoms with Crippen LogP contribution in [0.4, 0.5) is 0 Å². The number of benzene rings is 14. The van der Waals surface area contributed by atoms with Crippen molar-refractivity contribution in [1.82, 2.24) is 44.9 Å². The van der Waals surface area contributed by atoms with Gasteiger partial charge >= 0.3 is 0 Å². The molecule has 11 heteroatoms. The van der Waals surface area contributed by atoms with Gasteiger partial charge in [-0.25, -0.2) is 44.9 Å². The SMILES string of the molecule is c1ccc(-c2cc(-c3ccccc3)nc(-c3ccc(-c4cccc5sc6c(-c7nc(-c8ccccc8)cc(-c8ccccc8)n7)cccc6c45)cc3)n2)cc1.c1ccc(-c2cc(-c3ccccc3)nc(-c3ccc(-c4cccc5sc6c(-c7nc(-c8ccccc8)nc(-c8ccccc8)n7)cccc6c45)cc3)n2)cc1. The summed E-state index contributed by atoms with van der Waals surface area (Å²) in [5.74, 6) is 4.06. The van der Waals surface area contributed by atoms with Crippen LogP contribution in [0, 0.1) is 0 Å². The summed E-state index contributed by atoms with van der Waals surface area (Å²) in [5.41, 5.74) is 22.2. The van der Waals surface area contributed by atoms with Crippen LogP contribution >= 0.6 is 22.7 Å². The summed E-state index contributed by atoms with van der Waals surface area (Å²) in [4.78, 5) is 45.6. The summed E-state index contributed by atoms with van der Waals surface area (Å²) < 4.78 is 4.74. The predicted molar refractivity (Wildman–Crippen MR) is 455 cm³/mol. The second-order valence-electron chi connectivity index (χ2n) is 26.7. The summed E-state index contributed by atoms with van der Waals surface area (Å²) in [7, 11) is 0. The lowest BCUT2D eigenvalue weighted by Gasteiger charge is -2.11. The molecule has 0 saturated heterocycles. The van der Waals surface area contributed by atoms with Crippen LogP contribution in [0.25, 0.3) is 198 Å². The minimum absolute atomic E-state index is 0.650. The Hall–Kier alpha value is -14.2. The van der Waals surface area contributed by atoms with E-state index in [1.807, 2.05) is 146 Å². The van der Waals surface area contributed by atoms with Crippen LogP contribution in [0.5, 0.6) is 0 Å². The molecule has 0 aliphatic rings. The van der Waals surface area contributed by atoms with Crippen molar-refractivity contribution in [2.45, 2.75) is 0 Å². The van der Waals surface area contributed by atoms with Gasteiger partial charge in [-0.05, 0) is 64.7 Å². The van der Waals surface area contributed by atoms with Crippen LogP contribution in [0.1, 0.15) is 0 Å². The van der Waals surface area contributed by atoms with Gasteiger partial charge in [0.1, 0.15) is 0 Å². The molecule has 516 valence electrons. The second-order valence-corrected chi connectivity index (χ2v) is 28.8. The van der Waals surface area contributed by atoms with Gasteiger partial charge in [0.2, 0.25) is 0 Å². The van der Waals surface area contributed by atoms with Crippen molar-refractivity contribution < 1.29 is 0 Å². The number of rotatable bonds is 14. The van der Waals surface area contributed by atoms with Crippen molar-refractivity contribution in [3.8, 4) is 158 Å². The highest BCUT2D eigenvalue weighted by molar-refractivity contribution is 7.27. The molecule has 0 fully saturated rings. The van der Waals surface area contributed by atoms with E-state index >= 15 is 0 Å². The molecule has 6 heterocycles. The molecule has 0 radical (unpaired) electrons. The zero-order chi connectivity index (χ0) is 73.1. The topological polar surface area (TPSA) is 116 Å². The lowest BCUT2D eigenvalue weighted by Crippen LogP contribution is -2.00. The van der Waals surface area contributed by atoms with E-state index in [1.54, 1.807) is 22.7 Å². The van der Waals surface area contributed by atoms with Gasteiger partial charge in [-0.3, -0.25) is 0 Å². The highest BCUT2D eigenvalue weighted by Crippen LogP contribution is 2.47. The summed E-state index contributed by atoms with van der Waals surface area (Å²) in [6.45, 7) is 0. The zero-order valence-corrected chi connectivity index (χ0v) is 60.8. The van der Waals surface area contributed by atoms with Gasteiger partial charge in [0.05, 0.1) is 34.2 Å². The summed E-state index contributed by atoms with van der Waals surface area (Å²) in [5, 5.41) is 4.81. The lowest BCUT2D eigenvalue weighted by atomic mass is 9.97. The second kappa shape index (κ2) is 29.6. The van der Waals surface area contributed by atoms with Gasteiger partial charge < -0.3 is 0 Å². The van der Waals surface area contributed by atoms with Crippen LogP contribution < -0.4 is 0 Å². The molecule has 0 saturated carbocycles. The van der Waals surface area contributed by atoms with E-state index in [1.165, 1.54) is 46.8 Å². The van der Waals surface area contributed by atoms with Crippen molar-refractivity contribution in [3.63, 3.8) is 0 Å². The highest BCUT2D eigenvalue weighted by Gasteiger charge is 2.22. The fraction of sp³-hybridized carbons (Fsp3) is 0. The minimum Gasteiger partial charge on any atom is -0.228 e. The third-order valence-corrected chi connectivity index (χ3v) is 22.1. The lowest BCUT2D eigenvalue weighted by molar-refractivity contribution is 1.08. The molecule has 9 nitrogen and oxygen atoms in total. The van der Waals surface area contributed by atoms with E-state index in [2.05, 4.69) is 237 Å². The summed E-state index contributed by atoms with van der Waals surface area (Å²) in [6.07, 6.45) is 0. The molecular formula is C99H63N9S2. The third-order valence-electron chi connectivity index (χ3n) is 19.7.